The van der Waals surface area contributed by atoms with Crippen LogP contribution < -0.4 is 0 Å². The van der Waals surface area contributed by atoms with E-state index >= 15 is 0 Å². The van der Waals surface area contributed by atoms with E-state index in [0.717, 1.165) is 0 Å². The van der Waals surface area contributed by atoms with Crippen LogP contribution in [0.1, 0.15) is 0 Å². The molecule has 0 aromatic heterocycles. The second-order valence-electron chi connectivity index (χ2n) is 1.88. The lowest BCUT2D eigenvalue weighted by atomic mass is 10.9. The van der Waals surface area contributed by atoms with Crippen molar-refractivity contribution in [3.05, 3.63) is 0 Å². The molecule has 9 heteroatoms. The molecule has 0 heterocycles. The van der Waals surface area contributed by atoms with E-state index in [-0.39, 0.29) is 6.04 Å². The molecule has 68 valence electrons. The Bertz CT molecular complexity index is 128. The number of hydrogen-bond donors (Lipinski definition) is 1. The van der Waals surface area contributed by atoms with Crippen molar-refractivity contribution in [2.24, 2.45) is 0 Å². The Morgan fingerprint density at radius 1 is 1.00 bits per heavy atom. The molecule has 0 spiro atoms. The van der Waals surface area contributed by atoms with E-state index in [0.29, 0.717) is 0 Å². The third-order valence-corrected chi connectivity index (χ3v) is 6.68. The summed E-state index contributed by atoms with van der Waals surface area (Å²) in [7, 11) is 0. The van der Waals surface area contributed by atoms with Crippen molar-refractivity contribution in [2.45, 2.75) is 11.8 Å². The van der Waals surface area contributed by atoms with Gasteiger partial charge in [0.2, 0.25) is 0 Å². The molecule has 0 saturated heterocycles. The summed E-state index contributed by atoms with van der Waals surface area (Å²) in [6.45, 7) is 0. The zero-order chi connectivity index (χ0) is 9.28. The molecule has 0 aliphatic carbocycles. The molecule has 0 aliphatic rings. The van der Waals surface area contributed by atoms with E-state index in [1.807, 2.05) is 0 Å². The lowest BCUT2D eigenvalue weighted by Crippen LogP contribution is -2.35. The lowest BCUT2D eigenvalue weighted by molar-refractivity contribution is 0.271. The van der Waals surface area contributed by atoms with E-state index in [1.54, 1.807) is 0 Å². The normalized spacial score (nSPS) is 16.6. The first-order valence-corrected chi connectivity index (χ1v) is 12.8. The highest BCUT2D eigenvalue weighted by Crippen LogP contribution is 2.34. The predicted octanol–water partition coefficient (Wildman–Crippen LogP) is 3.20. The van der Waals surface area contributed by atoms with Gasteiger partial charge in [0, 0.05) is 6.04 Å². The zero-order valence-electron chi connectivity index (χ0n) is 5.00. The number of rotatable bonds is 3. The van der Waals surface area contributed by atoms with E-state index in [2.05, 4.69) is 0 Å². The first-order valence-electron chi connectivity index (χ1n) is 2.44. The Morgan fingerprint density at radius 2 is 1.36 bits per heavy atom. The van der Waals surface area contributed by atoms with Gasteiger partial charge in [0.1, 0.15) is 0 Å². The van der Waals surface area contributed by atoms with Gasteiger partial charge < -0.3 is 5.11 Å². The maximum absolute atomic E-state index is 9.17. The molecular formula is C2H4Cl6OSi2. The van der Waals surface area contributed by atoms with E-state index in [4.69, 9.17) is 71.6 Å². The van der Waals surface area contributed by atoms with E-state index < -0.39 is 17.7 Å². The molecule has 11 heavy (non-hydrogen) atoms. The van der Waals surface area contributed by atoms with Gasteiger partial charge in [-0.3, -0.25) is 0 Å². The molecule has 1 unspecified atom stereocenters. The van der Waals surface area contributed by atoms with E-state index in [9.17, 15) is 0 Å². The molecule has 0 rings (SSSR count). The minimum atomic E-state index is -3.12. The molecule has 0 saturated carbocycles. The average Bonchev–Trinajstić information content (AvgIpc) is 1.56. The Hall–Kier alpha value is 2.13. The Kier molecular flexibility index (Phi) is 5.46. The highest BCUT2D eigenvalue weighted by molar-refractivity contribution is 7.67. The molecule has 0 fully saturated rings. The van der Waals surface area contributed by atoms with Crippen LogP contribution in [0.25, 0.3) is 0 Å². The molecule has 1 nitrogen and oxygen atoms in total. The number of aliphatic hydroxyl groups is 1. The third kappa shape index (κ3) is 7.22. The molecule has 0 aromatic carbocycles. The van der Waals surface area contributed by atoms with Gasteiger partial charge in [-0.1, -0.05) is 0 Å². The van der Waals surface area contributed by atoms with Crippen LogP contribution in [-0.4, -0.2) is 22.8 Å². The lowest BCUT2D eigenvalue weighted by Gasteiger charge is -2.18. The first-order chi connectivity index (χ1) is 4.63. The maximum atomic E-state index is 9.17. The fourth-order valence-corrected chi connectivity index (χ4v) is 7.18. The van der Waals surface area contributed by atoms with Crippen molar-refractivity contribution in [3.63, 3.8) is 0 Å². The van der Waals surface area contributed by atoms with Gasteiger partial charge >= 0.3 is 12.0 Å². The number of aliphatic hydroxyl groups excluding tert-OH is 1. The van der Waals surface area contributed by atoms with Crippen LogP contribution in [0.15, 0.2) is 0 Å². The van der Waals surface area contributed by atoms with Crippen molar-refractivity contribution >= 4 is 78.5 Å². The third-order valence-electron chi connectivity index (χ3n) is 0.803. The van der Waals surface area contributed by atoms with Crippen molar-refractivity contribution in [1.29, 1.82) is 0 Å². The smallest absolute Gasteiger partial charge is 0.368 e. The zero-order valence-corrected chi connectivity index (χ0v) is 11.5. The summed E-state index contributed by atoms with van der Waals surface area (Å²) in [5.41, 5.74) is -1.09. The van der Waals surface area contributed by atoms with Crippen molar-refractivity contribution in [2.75, 3.05) is 0 Å². The summed E-state index contributed by atoms with van der Waals surface area (Å²) < 4.78 is 0. The van der Waals surface area contributed by atoms with Crippen LogP contribution in [0.5, 0.6) is 0 Å². The van der Waals surface area contributed by atoms with Crippen molar-refractivity contribution < 1.29 is 5.11 Å². The maximum Gasteiger partial charge on any atom is 0.368 e. The van der Waals surface area contributed by atoms with Crippen molar-refractivity contribution in [1.82, 2.24) is 0 Å². The molecule has 0 bridgehead atoms. The van der Waals surface area contributed by atoms with Gasteiger partial charge in [-0.2, -0.15) is 0 Å². The van der Waals surface area contributed by atoms with Gasteiger partial charge in [-0.25, -0.2) is 0 Å². The second kappa shape index (κ2) is 4.57. The quantitative estimate of drug-likeness (QED) is 0.627. The molecule has 0 aliphatic heterocycles. The van der Waals surface area contributed by atoms with Crippen LogP contribution in [0.2, 0.25) is 6.04 Å². The molecule has 1 N–H and O–H groups in total. The Labute approximate surface area is 94.7 Å². The van der Waals surface area contributed by atoms with Gasteiger partial charge in [0.05, 0.1) is 5.73 Å². The highest BCUT2D eigenvalue weighted by Gasteiger charge is 2.41. The van der Waals surface area contributed by atoms with Crippen LogP contribution in [-0.2, 0) is 0 Å². The summed E-state index contributed by atoms with van der Waals surface area (Å²) in [4.78, 5) is 0. The molecular weight excluding hydrogens is 309 g/mol. The predicted molar refractivity (Wildman–Crippen MR) is 57.4 cm³/mol. The van der Waals surface area contributed by atoms with E-state index in [1.165, 1.54) is 0 Å². The summed E-state index contributed by atoms with van der Waals surface area (Å²) in [5.74, 6) is 0. The fourth-order valence-electron chi connectivity index (χ4n) is 0.335. The van der Waals surface area contributed by atoms with Crippen LogP contribution in [0.4, 0.5) is 0 Å². The molecule has 0 radical (unpaired) electrons. The standard InChI is InChI=1S/C2H4Cl6OSi2/c3-10(4,5)1-2(9)11(6,7)8/h2,9H,1H2. The van der Waals surface area contributed by atoms with Gasteiger partial charge in [-0.05, 0) is 0 Å². The molecule has 1 atom stereocenters. The minimum absolute atomic E-state index is 0.0274. The first kappa shape index (κ1) is 13.1. The SMILES string of the molecule is OC(C[Si](Cl)(Cl)Cl)[Si](Cl)(Cl)Cl. The summed E-state index contributed by atoms with van der Waals surface area (Å²) in [6.07, 6.45) is 0. The topological polar surface area (TPSA) is 20.2 Å². The Balaban J connectivity index is 3.99. The average molecular weight is 313 g/mol. The minimum Gasteiger partial charge on any atom is -0.393 e. The van der Waals surface area contributed by atoms with Gasteiger partial charge in [-0.15, -0.1) is 66.5 Å². The summed E-state index contributed by atoms with van der Waals surface area (Å²) in [6, 6.07) is -6.03. The number of halogens is 6. The van der Waals surface area contributed by atoms with Gasteiger partial charge in [0.25, 0.3) is 0 Å². The highest BCUT2D eigenvalue weighted by atomic mass is 35.8. The summed E-state index contributed by atoms with van der Waals surface area (Å²) in [5, 5.41) is 9.17. The van der Waals surface area contributed by atoms with Gasteiger partial charge in [0.15, 0.2) is 0 Å². The van der Waals surface area contributed by atoms with Crippen molar-refractivity contribution in [3.8, 4) is 0 Å². The van der Waals surface area contributed by atoms with Crippen LogP contribution >= 0.6 is 66.5 Å². The largest absolute Gasteiger partial charge is 0.393 e. The molecule has 0 aromatic rings. The van der Waals surface area contributed by atoms with Crippen LogP contribution in [0, 0.1) is 0 Å². The molecule has 0 amide bonds. The van der Waals surface area contributed by atoms with Crippen LogP contribution in [0.3, 0.4) is 0 Å². The number of hydrogen-bond acceptors (Lipinski definition) is 1. The Morgan fingerprint density at radius 3 is 1.45 bits per heavy atom. The fraction of sp³-hybridized carbons (Fsp3) is 1.00. The summed E-state index contributed by atoms with van der Waals surface area (Å²) >= 11 is 32.8. The second-order valence-corrected chi connectivity index (χ2v) is 19.9. The monoisotopic (exact) mass is 310 g/mol.